The number of H-pyrrole nitrogens is 1. The first-order valence-electron chi connectivity index (χ1n) is 5.97. The maximum Gasteiger partial charge on any atom is 0.134 e. The monoisotopic (exact) mass is 250 g/mol. The molecular weight excluding hydrogens is 232 g/mol. The zero-order valence-electron chi connectivity index (χ0n) is 10.3. The van der Waals surface area contributed by atoms with Crippen LogP contribution in [-0.4, -0.2) is 17.1 Å². The highest BCUT2D eigenvalue weighted by atomic mass is 32.1. The lowest BCUT2D eigenvalue weighted by molar-refractivity contribution is 0.177. The maximum atomic E-state index is 5.18. The fourth-order valence-corrected chi connectivity index (χ4v) is 2.32. The Balaban J connectivity index is 2.29. The smallest absolute Gasteiger partial charge is 0.134 e. The Labute approximate surface area is 107 Å². The van der Waals surface area contributed by atoms with Gasteiger partial charge >= 0.3 is 0 Å². The summed E-state index contributed by atoms with van der Waals surface area (Å²) in [5.74, 6) is 1.59. The van der Waals surface area contributed by atoms with Crippen LogP contribution in [0.3, 0.4) is 0 Å². The van der Waals surface area contributed by atoms with Crippen molar-refractivity contribution in [3.63, 3.8) is 0 Å². The highest BCUT2D eigenvalue weighted by Gasteiger charge is 2.12. The molecule has 1 aliphatic carbocycles. The molecule has 0 bridgehead atoms. The van der Waals surface area contributed by atoms with Crippen LogP contribution in [0.4, 0.5) is 0 Å². The lowest BCUT2D eigenvalue weighted by Crippen LogP contribution is -2.05. The maximum absolute atomic E-state index is 5.18. The van der Waals surface area contributed by atoms with E-state index in [9.17, 15) is 0 Å². The Kier molecular flexibility index (Phi) is 4.07. The van der Waals surface area contributed by atoms with Crippen molar-refractivity contribution < 1.29 is 4.74 Å². The van der Waals surface area contributed by atoms with Crippen LogP contribution in [0.1, 0.15) is 37.7 Å². The number of nitrogens with zero attached hydrogens (tertiary/aromatic N) is 1. The van der Waals surface area contributed by atoms with Crippen LogP contribution in [0.5, 0.6) is 0 Å². The second-order valence-electron chi connectivity index (χ2n) is 4.62. The Morgan fingerprint density at radius 3 is 3.06 bits per heavy atom. The highest BCUT2D eigenvalue weighted by Crippen LogP contribution is 2.28. The molecule has 1 aliphatic rings. The van der Waals surface area contributed by atoms with Gasteiger partial charge in [-0.1, -0.05) is 25.2 Å². The van der Waals surface area contributed by atoms with Crippen molar-refractivity contribution in [1.29, 1.82) is 0 Å². The summed E-state index contributed by atoms with van der Waals surface area (Å²) in [6.07, 6.45) is 5.82. The van der Waals surface area contributed by atoms with Crippen molar-refractivity contribution in [1.82, 2.24) is 9.97 Å². The quantitative estimate of drug-likeness (QED) is 0.834. The average Bonchev–Trinajstić information content (AvgIpc) is 2.29. The number of ether oxygens (including phenoxy) is 1. The number of aromatic nitrogens is 2. The molecular formula is C13H18N2OS. The molecule has 3 nitrogen and oxygen atoms in total. The molecule has 92 valence electrons. The molecule has 1 aromatic heterocycles. The van der Waals surface area contributed by atoms with E-state index in [4.69, 9.17) is 17.0 Å². The van der Waals surface area contributed by atoms with Gasteiger partial charge in [-0.2, -0.15) is 0 Å². The van der Waals surface area contributed by atoms with Gasteiger partial charge < -0.3 is 9.72 Å². The number of methoxy groups -OCH3 is 1. The van der Waals surface area contributed by atoms with Gasteiger partial charge in [-0.15, -0.1) is 0 Å². The van der Waals surface area contributed by atoms with Gasteiger partial charge in [0.25, 0.3) is 0 Å². The minimum absolute atomic E-state index is 0.473. The molecule has 1 N–H and O–H groups in total. The molecule has 1 unspecified atom stereocenters. The third-order valence-corrected chi connectivity index (χ3v) is 3.30. The largest absolute Gasteiger partial charge is 0.377 e. The van der Waals surface area contributed by atoms with Crippen LogP contribution in [0, 0.1) is 10.6 Å². The molecule has 0 saturated heterocycles. The third kappa shape index (κ3) is 3.23. The molecule has 1 heterocycles. The number of allylic oxidation sites excluding steroid dienone is 2. The van der Waals surface area contributed by atoms with Gasteiger partial charge in [-0.25, -0.2) is 4.98 Å². The Morgan fingerprint density at radius 1 is 1.59 bits per heavy atom. The van der Waals surface area contributed by atoms with Crippen LogP contribution >= 0.6 is 12.2 Å². The number of rotatable bonds is 3. The van der Waals surface area contributed by atoms with Crippen LogP contribution in [0.15, 0.2) is 12.1 Å². The van der Waals surface area contributed by atoms with Crippen molar-refractivity contribution in [2.75, 3.05) is 7.11 Å². The van der Waals surface area contributed by atoms with Gasteiger partial charge in [0.15, 0.2) is 0 Å². The predicted molar refractivity (Wildman–Crippen MR) is 71.1 cm³/mol. The van der Waals surface area contributed by atoms with E-state index in [1.54, 1.807) is 7.11 Å². The molecule has 0 aromatic carbocycles. The van der Waals surface area contributed by atoms with Crippen LogP contribution in [-0.2, 0) is 11.3 Å². The lowest BCUT2D eigenvalue weighted by Gasteiger charge is -2.18. The third-order valence-electron chi connectivity index (χ3n) is 3.09. The standard InChI is InChI=1S/C13H18N2OS/c1-9-3-5-10(6-4-9)11-7-13(17)15-12(14-11)8-16-2/h5,7,9H,3-4,6,8H2,1-2H3,(H,14,15,17). The van der Waals surface area contributed by atoms with Crippen LogP contribution in [0.25, 0.3) is 5.57 Å². The van der Waals surface area contributed by atoms with Gasteiger partial charge in [-0.3, -0.25) is 0 Å². The fraction of sp³-hybridized carbons (Fsp3) is 0.538. The minimum atomic E-state index is 0.473. The zero-order chi connectivity index (χ0) is 12.3. The number of aromatic amines is 1. The summed E-state index contributed by atoms with van der Waals surface area (Å²) in [5, 5.41) is 0. The summed E-state index contributed by atoms with van der Waals surface area (Å²) in [7, 11) is 1.66. The summed E-state index contributed by atoms with van der Waals surface area (Å²) in [6.45, 7) is 2.76. The molecule has 0 spiro atoms. The first-order chi connectivity index (χ1) is 8.19. The van der Waals surface area contributed by atoms with Crippen molar-refractivity contribution in [3.8, 4) is 0 Å². The summed E-state index contributed by atoms with van der Waals surface area (Å²) >= 11 is 5.18. The van der Waals surface area contributed by atoms with E-state index in [1.807, 2.05) is 6.07 Å². The molecule has 1 atom stereocenters. The fourth-order valence-electron chi connectivity index (χ4n) is 2.10. The van der Waals surface area contributed by atoms with E-state index in [-0.39, 0.29) is 0 Å². The Hall–Kier alpha value is -1.00. The summed E-state index contributed by atoms with van der Waals surface area (Å²) in [6, 6.07) is 1.94. The van der Waals surface area contributed by atoms with Gasteiger partial charge in [0.05, 0.1) is 0 Å². The van der Waals surface area contributed by atoms with Crippen molar-refractivity contribution >= 4 is 17.8 Å². The van der Waals surface area contributed by atoms with Crippen LogP contribution < -0.4 is 0 Å². The summed E-state index contributed by atoms with van der Waals surface area (Å²) in [4.78, 5) is 7.54. The predicted octanol–water partition coefficient (Wildman–Crippen LogP) is 3.49. The summed E-state index contributed by atoms with van der Waals surface area (Å²) in [5.41, 5.74) is 2.46. The van der Waals surface area contributed by atoms with Crippen molar-refractivity contribution in [2.45, 2.75) is 32.8 Å². The van der Waals surface area contributed by atoms with Gasteiger partial charge in [-0.05, 0) is 36.8 Å². The van der Waals surface area contributed by atoms with E-state index in [2.05, 4.69) is 23.0 Å². The van der Waals surface area contributed by atoms with Gasteiger partial charge in [0.2, 0.25) is 0 Å². The molecule has 0 aliphatic heterocycles. The molecule has 0 amide bonds. The average molecular weight is 250 g/mol. The number of hydrogen-bond acceptors (Lipinski definition) is 3. The molecule has 17 heavy (non-hydrogen) atoms. The van der Waals surface area contributed by atoms with Gasteiger partial charge in [0, 0.05) is 12.8 Å². The van der Waals surface area contributed by atoms with Crippen LogP contribution in [0.2, 0.25) is 0 Å². The first kappa shape index (κ1) is 12.5. The molecule has 0 radical (unpaired) electrons. The van der Waals surface area contributed by atoms with E-state index < -0.39 is 0 Å². The number of nitrogens with one attached hydrogen (secondary N) is 1. The molecule has 0 saturated carbocycles. The Morgan fingerprint density at radius 2 is 2.41 bits per heavy atom. The van der Waals surface area contributed by atoms with Crippen molar-refractivity contribution in [2.24, 2.45) is 5.92 Å². The Bertz CT molecular complexity index is 479. The molecule has 1 aromatic rings. The molecule has 0 fully saturated rings. The first-order valence-corrected chi connectivity index (χ1v) is 6.38. The van der Waals surface area contributed by atoms with Gasteiger partial charge in [0.1, 0.15) is 17.1 Å². The highest BCUT2D eigenvalue weighted by molar-refractivity contribution is 7.71. The topological polar surface area (TPSA) is 37.9 Å². The number of hydrogen-bond donors (Lipinski definition) is 1. The zero-order valence-corrected chi connectivity index (χ0v) is 11.1. The minimum Gasteiger partial charge on any atom is -0.377 e. The van der Waals surface area contributed by atoms with E-state index in [0.29, 0.717) is 11.2 Å². The van der Waals surface area contributed by atoms with E-state index in [0.717, 1.165) is 30.3 Å². The second-order valence-corrected chi connectivity index (χ2v) is 5.04. The SMILES string of the molecule is COCc1nc(=S)cc(C2=CCC(C)CC2)[nH]1. The molecule has 2 rings (SSSR count). The van der Waals surface area contributed by atoms with Crippen molar-refractivity contribution in [3.05, 3.63) is 28.3 Å². The second kappa shape index (κ2) is 5.56. The van der Waals surface area contributed by atoms with E-state index >= 15 is 0 Å². The summed E-state index contributed by atoms with van der Waals surface area (Å²) < 4.78 is 5.71. The molecule has 4 heteroatoms. The lowest BCUT2D eigenvalue weighted by atomic mass is 9.89. The normalized spacial score (nSPS) is 20.1. The van der Waals surface area contributed by atoms with E-state index in [1.165, 1.54) is 12.0 Å².